The molecule has 0 spiro atoms. The molecular formula is C18H30N2O. The molecule has 0 aromatic rings. The van der Waals surface area contributed by atoms with Gasteiger partial charge in [0.15, 0.2) is 0 Å². The Morgan fingerprint density at radius 2 is 1.90 bits per heavy atom. The largest absolute Gasteiger partial charge is 0.356 e. The van der Waals surface area contributed by atoms with Crippen LogP contribution >= 0.6 is 0 Å². The molecule has 3 rings (SSSR count). The third-order valence-corrected chi connectivity index (χ3v) is 5.41. The molecule has 3 nitrogen and oxygen atoms in total. The second-order valence-electron chi connectivity index (χ2n) is 8.58. The molecule has 1 amide bonds. The lowest BCUT2D eigenvalue weighted by molar-refractivity contribution is -0.122. The molecule has 3 N–H and O–H groups in total. The van der Waals surface area contributed by atoms with E-state index in [1.54, 1.807) is 5.57 Å². The molecule has 0 aliphatic heterocycles. The third-order valence-electron chi connectivity index (χ3n) is 5.41. The van der Waals surface area contributed by atoms with E-state index < -0.39 is 0 Å². The summed E-state index contributed by atoms with van der Waals surface area (Å²) in [6.07, 6.45) is 8.32. The van der Waals surface area contributed by atoms with Crippen molar-refractivity contribution >= 4 is 5.91 Å². The fraction of sp³-hybridized carbons (Fsp3) is 0.833. The van der Waals surface area contributed by atoms with E-state index >= 15 is 0 Å². The summed E-state index contributed by atoms with van der Waals surface area (Å²) in [5.74, 6) is 2.53. The van der Waals surface area contributed by atoms with Gasteiger partial charge < -0.3 is 11.1 Å². The molecule has 3 aliphatic carbocycles. The number of amides is 1. The SMILES string of the molecule is CC(C)(C)CNC(=O)C[C@@H]1[C@@H](N)[C@@H]2CC[C@H]1/C2=C/C1CC1. The summed E-state index contributed by atoms with van der Waals surface area (Å²) in [6, 6.07) is 0.203. The van der Waals surface area contributed by atoms with Crippen molar-refractivity contribution in [2.24, 2.45) is 34.8 Å². The quantitative estimate of drug-likeness (QED) is 0.782. The number of nitrogens with one attached hydrogen (secondary N) is 1. The number of rotatable bonds is 4. The van der Waals surface area contributed by atoms with Crippen LogP contribution in [0.1, 0.15) is 52.9 Å². The second-order valence-corrected chi connectivity index (χ2v) is 8.58. The van der Waals surface area contributed by atoms with E-state index in [1.807, 2.05) is 0 Å². The van der Waals surface area contributed by atoms with Gasteiger partial charge in [-0.25, -0.2) is 0 Å². The Morgan fingerprint density at radius 1 is 1.24 bits per heavy atom. The number of carbonyl (C=O) groups is 1. The van der Waals surface area contributed by atoms with E-state index in [0.29, 0.717) is 24.2 Å². The van der Waals surface area contributed by atoms with Crippen LogP contribution in [0, 0.1) is 29.1 Å². The molecule has 0 unspecified atom stereocenters. The zero-order valence-electron chi connectivity index (χ0n) is 13.7. The molecule has 0 aromatic carbocycles. The molecule has 3 heteroatoms. The first kappa shape index (κ1) is 15.1. The average Bonchev–Trinajstić information content (AvgIpc) is 3.07. The van der Waals surface area contributed by atoms with Crippen molar-refractivity contribution < 1.29 is 4.79 Å². The van der Waals surface area contributed by atoms with Gasteiger partial charge in [0.25, 0.3) is 0 Å². The number of hydrogen-bond donors (Lipinski definition) is 2. The fourth-order valence-electron chi connectivity index (χ4n) is 4.12. The van der Waals surface area contributed by atoms with E-state index in [0.717, 1.165) is 12.5 Å². The summed E-state index contributed by atoms with van der Waals surface area (Å²) >= 11 is 0. The van der Waals surface area contributed by atoms with Crippen LogP contribution < -0.4 is 11.1 Å². The first-order valence-corrected chi connectivity index (χ1v) is 8.59. The van der Waals surface area contributed by atoms with Crippen molar-refractivity contribution in [1.29, 1.82) is 0 Å². The first-order valence-electron chi connectivity index (χ1n) is 8.59. The Morgan fingerprint density at radius 3 is 2.52 bits per heavy atom. The summed E-state index contributed by atoms with van der Waals surface area (Å²) in [5, 5.41) is 3.08. The van der Waals surface area contributed by atoms with E-state index in [9.17, 15) is 4.79 Å². The summed E-state index contributed by atoms with van der Waals surface area (Å²) < 4.78 is 0. The van der Waals surface area contributed by atoms with Crippen LogP contribution in [0.25, 0.3) is 0 Å². The molecule has 3 saturated carbocycles. The lowest BCUT2D eigenvalue weighted by Gasteiger charge is -2.27. The Bertz CT molecular complexity index is 445. The number of carbonyl (C=O) groups excluding carboxylic acids is 1. The van der Waals surface area contributed by atoms with Gasteiger partial charge in [0.05, 0.1) is 0 Å². The predicted octanol–water partition coefficient (Wildman–Crippen LogP) is 2.86. The second kappa shape index (κ2) is 5.42. The van der Waals surface area contributed by atoms with Gasteiger partial charge >= 0.3 is 0 Å². The molecule has 21 heavy (non-hydrogen) atoms. The zero-order chi connectivity index (χ0) is 15.2. The maximum atomic E-state index is 12.2. The highest BCUT2D eigenvalue weighted by Crippen LogP contribution is 2.54. The lowest BCUT2D eigenvalue weighted by Crippen LogP contribution is -2.40. The summed E-state index contributed by atoms with van der Waals surface area (Å²) in [7, 11) is 0. The van der Waals surface area contributed by atoms with Crippen molar-refractivity contribution in [3.05, 3.63) is 11.6 Å². The van der Waals surface area contributed by atoms with Crippen LogP contribution in [0.4, 0.5) is 0 Å². The maximum absolute atomic E-state index is 12.2. The summed E-state index contributed by atoms with van der Waals surface area (Å²) in [4.78, 5) is 12.2. The van der Waals surface area contributed by atoms with Crippen LogP contribution in [0.3, 0.4) is 0 Å². The molecule has 0 radical (unpaired) electrons. The maximum Gasteiger partial charge on any atom is 0.220 e. The van der Waals surface area contributed by atoms with Gasteiger partial charge in [0.2, 0.25) is 5.91 Å². The van der Waals surface area contributed by atoms with Gasteiger partial charge in [0, 0.05) is 19.0 Å². The highest BCUT2D eigenvalue weighted by Gasteiger charge is 2.50. The van der Waals surface area contributed by atoms with Crippen molar-refractivity contribution in [3.63, 3.8) is 0 Å². The Balaban J connectivity index is 1.60. The molecule has 4 atom stereocenters. The van der Waals surface area contributed by atoms with Crippen LogP contribution in [-0.4, -0.2) is 18.5 Å². The zero-order valence-corrected chi connectivity index (χ0v) is 13.7. The molecule has 0 aromatic heterocycles. The highest BCUT2D eigenvalue weighted by atomic mass is 16.1. The van der Waals surface area contributed by atoms with Crippen molar-refractivity contribution in [2.75, 3.05) is 6.54 Å². The Labute approximate surface area is 128 Å². The normalized spacial score (nSPS) is 37.2. The molecule has 3 aliphatic rings. The van der Waals surface area contributed by atoms with Gasteiger partial charge in [-0.3, -0.25) is 4.79 Å². The number of fused-ring (bicyclic) bond motifs is 2. The number of allylic oxidation sites excluding steroid dienone is 1. The van der Waals surface area contributed by atoms with Gasteiger partial charge in [-0.2, -0.15) is 0 Å². The molecule has 118 valence electrons. The summed E-state index contributed by atoms with van der Waals surface area (Å²) in [5.41, 5.74) is 8.21. The molecule has 0 heterocycles. The van der Waals surface area contributed by atoms with Gasteiger partial charge in [0.1, 0.15) is 0 Å². The van der Waals surface area contributed by atoms with Crippen molar-refractivity contribution in [1.82, 2.24) is 5.32 Å². The topological polar surface area (TPSA) is 55.1 Å². The average molecular weight is 290 g/mol. The predicted molar refractivity (Wildman–Crippen MR) is 85.6 cm³/mol. The third kappa shape index (κ3) is 3.33. The molecular weight excluding hydrogens is 260 g/mol. The first-order chi connectivity index (χ1) is 9.85. The standard InChI is InChI=1S/C18H30N2O/c1-18(2,3)10-20-16(21)9-15-12-6-7-13(17(15)19)14(12)8-11-4-5-11/h8,11-13,15,17H,4-7,9-10,19H2,1-3H3,(H,20,21)/b14-8-/t12-,13+,15-,17-/m0/s1. The van der Waals surface area contributed by atoms with E-state index in [4.69, 9.17) is 5.73 Å². The minimum atomic E-state index is 0.142. The van der Waals surface area contributed by atoms with Crippen molar-refractivity contribution in [2.45, 2.75) is 58.9 Å². The van der Waals surface area contributed by atoms with Crippen LogP contribution in [-0.2, 0) is 4.79 Å². The Hall–Kier alpha value is -0.830. The van der Waals surface area contributed by atoms with Crippen LogP contribution in [0.5, 0.6) is 0 Å². The molecule has 2 bridgehead atoms. The molecule has 3 fully saturated rings. The van der Waals surface area contributed by atoms with Crippen LogP contribution in [0.15, 0.2) is 11.6 Å². The number of hydrogen-bond acceptors (Lipinski definition) is 2. The van der Waals surface area contributed by atoms with Gasteiger partial charge in [-0.15, -0.1) is 0 Å². The van der Waals surface area contributed by atoms with Gasteiger partial charge in [-0.05, 0) is 54.8 Å². The Kier molecular flexibility index (Phi) is 3.89. The van der Waals surface area contributed by atoms with Gasteiger partial charge in [-0.1, -0.05) is 32.4 Å². The van der Waals surface area contributed by atoms with Crippen molar-refractivity contribution in [3.8, 4) is 0 Å². The molecule has 0 saturated heterocycles. The minimum absolute atomic E-state index is 0.142. The van der Waals surface area contributed by atoms with E-state index in [2.05, 4.69) is 32.2 Å². The smallest absolute Gasteiger partial charge is 0.220 e. The number of nitrogens with two attached hydrogens (primary N) is 1. The highest BCUT2D eigenvalue weighted by molar-refractivity contribution is 5.76. The summed E-state index contributed by atoms with van der Waals surface area (Å²) in [6.45, 7) is 7.18. The van der Waals surface area contributed by atoms with E-state index in [-0.39, 0.29) is 17.4 Å². The fourth-order valence-corrected chi connectivity index (χ4v) is 4.12. The van der Waals surface area contributed by atoms with Crippen LogP contribution in [0.2, 0.25) is 0 Å². The lowest BCUT2D eigenvalue weighted by atomic mass is 9.82. The monoisotopic (exact) mass is 290 g/mol. The van der Waals surface area contributed by atoms with E-state index in [1.165, 1.54) is 25.7 Å². The minimum Gasteiger partial charge on any atom is -0.356 e.